The van der Waals surface area contributed by atoms with E-state index >= 15 is 0 Å². The summed E-state index contributed by atoms with van der Waals surface area (Å²) in [5, 5.41) is 21.1. The van der Waals surface area contributed by atoms with Crippen LogP contribution in [0, 0.1) is 17.0 Å². The molecule has 0 amide bonds. The van der Waals surface area contributed by atoms with Gasteiger partial charge in [0, 0.05) is 22.8 Å². The van der Waals surface area contributed by atoms with Gasteiger partial charge in [-0.15, -0.1) is 0 Å². The highest BCUT2D eigenvalue weighted by molar-refractivity contribution is 6.35. The maximum absolute atomic E-state index is 11.6. The number of hydrogen-bond acceptors (Lipinski definition) is 3. The molecule has 1 N–H and O–H groups in total. The molecule has 0 aliphatic rings. The summed E-state index contributed by atoms with van der Waals surface area (Å²) in [5.41, 5.74) is 2.29. The van der Waals surface area contributed by atoms with Crippen molar-refractivity contribution in [2.45, 2.75) is 6.92 Å². The van der Waals surface area contributed by atoms with Crippen LogP contribution in [0.3, 0.4) is 0 Å². The molecule has 0 aliphatic heterocycles. The minimum Gasteiger partial charge on any atom is -0.478 e. The monoisotopic (exact) mass is 390 g/mol. The topological polar surface area (TPSA) is 85.4 Å². The summed E-state index contributed by atoms with van der Waals surface area (Å²) in [6, 6.07) is 12.3. The molecule has 26 heavy (non-hydrogen) atoms. The number of hydrogen-bond donors (Lipinski definition) is 1. The van der Waals surface area contributed by atoms with Crippen molar-refractivity contribution in [1.29, 1.82) is 0 Å². The lowest BCUT2D eigenvalue weighted by Crippen LogP contribution is -2.03. The SMILES string of the molecule is Cc1c(C(=O)O)cc(-c2ccc([N+](=O)[O-])cc2)n1-c1ccc(Cl)cc1Cl. The van der Waals surface area contributed by atoms with Crippen LogP contribution in [0.1, 0.15) is 16.1 Å². The number of non-ortho nitro benzene ring substituents is 1. The largest absolute Gasteiger partial charge is 0.478 e. The number of carbonyl (C=O) groups is 1. The molecule has 3 aromatic rings. The Hall–Kier alpha value is -2.83. The van der Waals surface area contributed by atoms with E-state index in [1.807, 2.05) is 0 Å². The zero-order chi connectivity index (χ0) is 19.0. The number of carboxylic acid groups (broad SMARTS) is 1. The molecule has 0 radical (unpaired) electrons. The summed E-state index contributed by atoms with van der Waals surface area (Å²) in [6.45, 7) is 1.67. The Kier molecular flexibility index (Phi) is 4.71. The fourth-order valence-electron chi connectivity index (χ4n) is 2.76. The molecular weight excluding hydrogens is 379 g/mol. The molecule has 0 saturated carbocycles. The predicted molar refractivity (Wildman–Crippen MR) is 99.6 cm³/mol. The number of aromatic nitrogens is 1. The van der Waals surface area contributed by atoms with Gasteiger partial charge in [-0.05, 0) is 48.9 Å². The summed E-state index contributed by atoms with van der Waals surface area (Å²) >= 11 is 12.3. The van der Waals surface area contributed by atoms with Crippen molar-refractivity contribution < 1.29 is 14.8 Å². The highest BCUT2D eigenvalue weighted by Gasteiger charge is 2.21. The molecule has 3 rings (SSSR count). The van der Waals surface area contributed by atoms with Gasteiger partial charge in [-0.25, -0.2) is 4.79 Å². The Morgan fingerprint density at radius 3 is 2.31 bits per heavy atom. The Morgan fingerprint density at radius 1 is 1.12 bits per heavy atom. The highest BCUT2D eigenvalue weighted by atomic mass is 35.5. The van der Waals surface area contributed by atoms with Crippen molar-refractivity contribution >= 4 is 34.9 Å². The third kappa shape index (κ3) is 3.16. The standard InChI is InChI=1S/C18H12Cl2N2O4/c1-10-14(18(23)24)9-17(11-2-5-13(6-3-11)22(25)26)21(10)16-7-4-12(19)8-15(16)20/h2-9H,1H3,(H,23,24). The molecule has 2 aromatic carbocycles. The van der Waals surface area contributed by atoms with Crippen LogP contribution in [0.4, 0.5) is 5.69 Å². The lowest BCUT2D eigenvalue weighted by Gasteiger charge is -2.14. The fourth-order valence-corrected chi connectivity index (χ4v) is 3.26. The lowest BCUT2D eigenvalue weighted by molar-refractivity contribution is -0.384. The number of benzene rings is 2. The molecular formula is C18H12Cl2N2O4. The molecule has 132 valence electrons. The van der Waals surface area contributed by atoms with Gasteiger partial charge in [-0.1, -0.05) is 23.2 Å². The molecule has 0 unspecified atom stereocenters. The zero-order valence-corrected chi connectivity index (χ0v) is 15.0. The predicted octanol–water partition coefficient (Wildman–Crippen LogP) is 5.37. The van der Waals surface area contributed by atoms with Gasteiger partial charge in [0.2, 0.25) is 0 Å². The van der Waals surface area contributed by atoms with Crippen LogP contribution < -0.4 is 0 Å². The number of rotatable bonds is 4. The lowest BCUT2D eigenvalue weighted by atomic mass is 10.1. The molecule has 1 aromatic heterocycles. The molecule has 0 bridgehead atoms. The van der Waals surface area contributed by atoms with Crippen LogP contribution in [0.2, 0.25) is 10.0 Å². The van der Waals surface area contributed by atoms with E-state index in [-0.39, 0.29) is 11.3 Å². The molecule has 1 heterocycles. The summed E-state index contributed by atoms with van der Waals surface area (Å²) in [5.74, 6) is -1.07. The number of halogens is 2. The quantitative estimate of drug-likeness (QED) is 0.479. The maximum atomic E-state index is 11.6. The van der Waals surface area contributed by atoms with E-state index in [2.05, 4.69) is 0 Å². The number of carboxylic acids is 1. The van der Waals surface area contributed by atoms with E-state index in [1.165, 1.54) is 18.2 Å². The van der Waals surface area contributed by atoms with Crippen molar-refractivity contribution in [2.24, 2.45) is 0 Å². The molecule has 8 heteroatoms. The summed E-state index contributed by atoms with van der Waals surface area (Å²) in [6.07, 6.45) is 0. The molecule has 0 aliphatic carbocycles. The van der Waals surface area contributed by atoms with E-state index < -0.39 is 10.9 Å². The minimum atomic E-state index is -1.07. The third-order valence-electron chi connectivity index (χ3n) is 4.00. The van der Waals surface area contributed by atoms with Crippen molar-refractivity contribution in [3.05, 3.63) is 79.9 Å². The van der Waals surface area contributed by atoms with Crippen LogP contribution in [0.25, 0.3) is 16.9 Å². The Morgan fingerprint density at radius 2 is 1.77 bits per heavy atom. The molecule has 0 atom stereocenters. The van der Waals surface area contributed by atoms with Crippen LogP contribution in [0.5, 0.6) is 0 Å². The van der Waals surface area contributed by atoms with Crippen LogP contribution in [0.15, 0.2) is 48.5 Å². The minimum absolute atomic E-state index is 0.0495. The third-order valence-corrected chi connectivity index (χ3v) is 4.54. The van der Waals surface area contributed by atoms with Gasteiger partial charge < -0.3 is 9.67 Å². The number of nitro benzene ring substituents is 1. The second-order valence-electron chi connectivity index (χ2n) is 5.57. The smallest absolute Gasteiger partial charge is 0.337 e. The summed E-state index contributed by atoms with van der Waals surface area (Å²) in [7, 11) is 0. The van der Waals surface area contributed by atoms with Gasteiger partial charge in [-0.3, -0.25) is 10.1 Å². The first kappa shape index (κ1) is 18.0. The first-order chi connectivity index (χ1) is 12.3. The number of aromatic carboxylic acids is 1. The number of nitro groups is 1. The van der Waals surface area contributed by atoms with Crippen molar-refractivity contribution in [3.63, 3.8) is 0 Å². The molecule has 6 nitrogen and oxygen atoms in total. The Balaban J connectivity index is 2.26. The van der Waals surface area contributed by atoms with Gasteiger partial charge in [-0.2, -0.15) is 0 Å². The molecule has 0 spiro atoms. The Labute approximate surface area is 158 Å². The van der Waals surface area contributed by atoms with E-state index in [9.17, 15) is 20.0 Å². The maximum Gasteiger partial charge on any atom is 0.337 e. The fraction of sp³-hybridized carbons (Fsp3) is 0.0556. The summed E-state index contributed by atoms with van der Waals surface area (Å²) < 4.78 is 1.70. The van der Waals surface area contributed by atoms with Crippen molar-refractivity contribution in [2.75, 3.05) is 0 Å². The van der Waals surface area contributed by atoms with Crippen molar-refractivity contribution in [3.8, 4) is 16.9 Å². The van der Waals surface area contributed by atoms with Crippen LogP contribution in [-0.2, 0) is 0 Å². The van der Waals surface area contributed by atoms with Gasteiger partial charge in [0.15, 0.2) is 0 Å². The second kappa shape index (κ2) is 6.82. The average molecular weight is 391 g/mol. The highest BCUT2D eigenvalue weighted by Crippen LogP contribution is 2.34. The number of nitrogens with zero attached hydrogens (tertiary/aromatic N) is 2. The first-order valence-electron chi connectivity index (χ1n) is 7.45. The zero-order valence-electron chi connectivity index (χ0n) is 13.4. The van der Waals surface area contributed by atoms with E-state index in [0.717, 1.165) is 0 Å². The Bertz CT molecular complexity index is 1030. The second-order valence-corrected chi connectivity index (χ2v) is 6.41. The first-order valence-corrected chi connectivity index (χ1v) is 8.21. The molecule has 0 fully saturated rings. The van der Waals surface area contributed by atoms with Gasteiger partial charge in [0.25, 0.3) is 5.69 Å². The summed E-state index contributed by atoms with van der Waals surface area (Å²) in [4.78, 5) is 21.9. The van der Waals surface area contributed by atoms with Crippen LogP contribution >= 0.6 is 23.2 Å². The van der Waals surface area contributed by atoms with E-state index in [0.29, 0.717) is 32.7 Å². The van der Waals surface area contributed by atoms with E-state index in [1.54, 1.807) is 41.8 Å². The normalized spacial score (nSPS) is 10.7. The van der Waals surface area contributed by atoms with Gasteiger partial charge >= 0.3 is 5.97 Å². The molecule has 0 saturated heterocycles. The van der Waals surface area contributed by atoms with E-state index in [4.69, 9.17) is 23.2 Å². The van der Waals surface area contributed by atoms with Gasteiger partial charge in [0.05, 0.1) is 26.9 Å². The van der Waals surface area contributed by atoms with Crippen LogP contribution in [-0.4, -0.2) is 20.6 Å². The van der Waals surface area contributed by atoms with Gasteiger partial charge in [0.1, 0.15) is 0 Å². The average Bonchev–Trinajstić information content (AvgIpc) is 2.92. The van der Waals surface area contributed by atoms with Crippen molar-refractivity contribution in [1.82, 2.24) is 4.57 Å².